The smallest absolute Gasteiger partial charge is 0.356 e. The molecule has 1 heterocycles. The van der Waals surface area contributed by atoms with Crippen LogP contribution >= 0.6 is 0 Å². The largest absolute Gasteiger partial charge is 0.464 e. The Labute approximate surface area is 95.7 Å². The van der Waals surface area contributed by atoms with Gasteiger partial charge >= 0.3 is 5.97 Å². The van der Waals surface area contributed by atoms with Gasteiger partial charge in [0.25, 0.3) is 0 Å². The van der Waals surface area contributed by atoms with Crippen LogP contribution in [0, 0.1) is 0 Å². The van der Waals surface area contributed by atoms with Gasteiger partial charge in [0.05, 0.1) is 26.0 Å². The van der Waals surface area contributed by atoms with E-state index in [4.69, 9.17) is 5.53 Å². The van der Waals surface area contributed by atoms with E-state index < -0.39 is 18.2 Å². The van der Waals surface area contributed by atoms with Crippen LogP contribution in [0.4, 0.5) is 0 Å². The minimum absolute atomic E-state index is 0.0556. The molecule has 0 aromatic carbocycles. The highest BCUT2D eigenvalue weighted by Gasteiger charge is 2.25. The number of carbonyl (C=O) groups excluding carboxylic acids is 1. The number of esters is 1. The van der Waals surface area contributed by atoms with Gasteiger partial charge in [-0.25, -0.2) is 4.79 Å². The Morgan fingerprint density at radius 3 is 3.06 bits per heavy atom. The van der Waals surface area contributed by atoms with Crippen LogP contribution in [-0.2, 0) is 4.74 Å². The highest BCUT2D eigenvalue weighted by molar-refractivity contribution is 5.88. The summed E-state index contributed by atoms with van der Waals surface area (Å²) in [6.45, 7) is -0.316. The van der Waals surface area contributed by atoms with Crippen LogP contribution in [0.3, 0.4) is 0 Å². The molecule has 0 radical (unpaired) electrons. The van der Waals surface area contributed by atoms with E-state index in [-0.39, 0.29) is 17.8 Å². The number of H-pyrrole nitrogens is 1. The fraction of sp³-hybridized carbons (Fsp3) is 0.500. The SMILES string of the molecule is COC(=O)c1[nH]ncc1C(O)C(O)CN=[N+]=[N-]. The zero-order valence-corrected chi connectivity index (χ0v) is 8.94. The highest BCUT2D eigenvalue weighted by atomic mass is 16.5. The molecule has 92 valence electrons. The lowest BCUT2D eigenvalue weighted by atomic mass is 10.1. The number of nitrogens with one attached hydrogen (secondary N) is 1. The summed E-state index contributed by atoms with van der Waals surface area (Å²) in [5.41, 5.74) is 8.11. The van der Waals surface area contributed by atoms with Crippen molar-refractivity contribution < 1.29 is 19.7 Å². The van der Waals surface area contributed by atoms with E-state index in [9.17, 15) is 15.0 Å². The molecule has 0 spiro atoms. The first kappa shape index (κ1) is 13.0. The number of aliphatic hydroxyl groups excluding tert-OH is 2. The number of azide groups is 1. The van der Waals surface area contributed by atoms with E-state index in [1.807, 2.05) is 0 Å². The van der Waals surface area contributed by atoms with Crippen molar-refractivity contribution in [2.45, 2.75) is 12.2 Å². The monoisotopic (exact) mass is 241 g/mol. The third-order valence-corrected chi connectivity index (χ3v) is 2.07. The zero-order valence-electron chi connectivity index (χ0n) is 8.94. The van der Waals surface area contributed by atoms with E-state index in [1.165, 1.54) is 13.3 Å². The molecule has 0 aliphatic carbocycles. The molecule has 0 aliphatic heterocycles. The molecule has 0 amide bonds. The third-order valence-electron chi connectivity index (χ3n) is 2.07. The Kier molecular flexibility index (Phi) is 4.46. The Morgan fingerprint density at radius 1 is 1.76 bits per heavy atom. The Bertz CT molecular complexity index is 439. The minimum Gasteiger partial charge on any atom is -0.464 e. The molecule has 0 bridgehead atoms. The van der Waals surface area contributed by atoms with Gasteiger partial charge in [-0.3, -0.25) is 5.10 Å². The molecule has 17 heavy (non-hydrogen) atoms. The molecule has 9 heteroatoms. The van der Waals surface area contributed by atoms with Gasteiger partial charge in [0.15, 0.2) is 0 Å². The number of hydrogen-bond donors (Lipinski definition) is 3. The van der Waals surface area contributed by atoms with Crippen LogP contribution in [0.15, 0.2) is 11.3 Å². The number of methoxy groups -OCH3 is 1. The minimum atomic E-state index is -1.40. The van der Waals surface area contributed by atoms with Gasteiger partial charge in [0, 0.05) is 10.5 Å². The maximum atomic E-state index is 11.3. The number of aromatic amines is 1. The summed E-state index contributed by atoms with van der Waals surface area (Å²) in [6.07, 6.45) is -1.53. The predicted octanol–water partition coefficient (Wildman–Crippen LogP) is -0.0991. The average Bonchev–Trinajstić information content (AvgIpc) is 2.82. The van der Waals surface area contributed by atoms with Gasteiger partial charge in [-0.2, -0.15) is 5.10 Å². The summed E-state index contributed by atoms with van der Waals surface area (Å²) < 4.78 is 4.46. The molecular formula is C8H11N5O4. The molecule has 0 saturated carbocycles. The van der Waals surface area contributed by atoms with E-state index in [0.717, 1.165) is 0 Å². The Hall–Kier alpha value is -2.09. The average molecular weight is 241 g/mol. The van der Waals surface area contributed by atoms with Crippen LogP contribution in [0.25, 0.3) is 10.4 Å². The van der Waals surface area contributed by atoms with Gasteiger partial charge in [-0.15, -0.1) is 0 Å². The van der Waals surface area contributed by atoms with Gasteiger partial charge in [-0.05, 0) is 5.53 Å². The summed E-state index contributed by atoms with van der Waals surface area (Å²) in [6, 6.07) is 0. The first-order valence-corrected chi connectivity index (χ1v) is 4.60. The first-order chi connectivity index (χ1) is 8.11. The van der Waals surface area contributed by atoms with Gasteiger partial charge in [-0.1, -0.05) is 5.11 Å². The second-order valence-electron chi connectivity index (χ2n) is 3.12. The lowest BCUT2D eigenvalue weighted by molar-refractivity contribution is 0.0229. The molecule has 9 nitrogen and oxygen atoms in total. The molecular weight excluding hydrogens is 230 g/mol. The molecule has 1 aromatic rings. The number of aromatic nitrogens is 2. The third kappa shape index (κ3) is 2.94. The highest BCUT2D eigenvalue weighted by Crippen LogP contribution is 2.20. The van der Waals surface area contributed by atoms with Crippen molar-refractivity contribution >= 4 is 5.97 Å². The molecule has 0 fully saturated rings. The maximum Gasteiger partial charge on any atom is 0.356 e. The number of aliphatic hydroxyl groups is 2. The first-order valence-electron chi connectivity index (χ1n) is 4.60. The lowest BCUT2D eigenvalue weighted by Crippen LogP contribution is -2.22. The normalized spacial score (nSPS) is 13.6. The molecule has 2 atom stereocenters. The summed E-state index contributed by atoms with van der Waals surface area (Å²) in [4.78, 5) is 13.7. The van der Waals surface area contributed by atoms with E-state index >= 15 is 0 Å². The van der Waals surface area contributed by atoms with Gasteiger partial charge < -0.3 is 14.9 Å². The van der Waals surface area contributed by atoms with Crippen molar-refractivity contribution in [1.82, 2.24) is 10.2 Å². The Balaban J connectivity index is 2.88. The number of nitrogens with zero attached hydrogens (tertiary/aromatic N) is 4. The quantitative estimate of drug-likeness (QED) is 0.285. The van der Waals surface area contributed by atoms with Crippen LogP contribution in [0.5, 0.6) is 0 Å². The fourth-order valence-electron chi connectivity index (χ4n) is 1.21. The summed E-state index contributed by atoms with van der Waals surface area (Å²) >= 11 is 0. The maximum absolute atomic E-state index is 11.3. The van der Waals surface area contributed by atoms with Crippen LogP contribution < -0.4 is 0 Å². The second kappa shape index (κ2) is 5.85. The van der Waals surface area contributed by atoms with Crippen molar-refractivity contribution in [2.24, 2.45) is 5.11 Å². The van der Waals surface area contributed by atoms with E-state index in [1.54, 1.807) is 0 Å². The van der Waals surface area contributed by atoms with Crippen LogP contribution in [0.2, 0.25) is 0 Å². The second-order valence-corrected chi connectivity index (χ2v) is 3.12. The number of rotatable bonds is 5. The summed E-state index contributed by atoms with van der Waals surface area (Å²) in [7, 11) is 1.18. The van der Waals surface area contributed by atoms with Crippen molar-refractivity contribution in [3.63, 3.8) is 0 Å². The van der Waals surface area contributed by atoms with Crippen molar-refractivity contribution in [3.05, 3.63) is 27.9 Å². The fourth-order valence-corrected chi connectivity index (χ4v) is 1.21. The van der Waals surface area contributed by atoms with E-state index in [2.05, 4.69) is 25.0 Å². The molecule has 0 aliphatic rings. The van der Waals surface area contributed by atoms with Gasteiger partial charge in [0.2, 0.25) is 0 Å². The van der Waals surface area contributed by atoms with Crippen molar-refractivity contribution in [3.8, 4) is 0 Å². The standard InChI is InChI=1S/C8H11N5O4/c1-17-8(16)6-4(2-10-12-6)7(15)5(14)3-11-13-9/h2,5,7,14-15H,3H2,1H3,(H,10,12). The van der Waals surface area contributed by atoms with Crippen molar-refractivity contribution in [1.29, 1.82) is 0 Å². The van der Waals surface area contributed by atoms with Gasteiger partial charge in [0.1, 0.15) is 11.8 Å². The molecule has 2 unspecified atom stereocenters. The molecule has 1 rings (SSSR count). The molecule has 0 saturated heterocycles. The molecule has 3 N–H and O–H groups in total. The van der Waals surface area contributed by atoms with Crippen LogP contribution in [0.1, 0.15) is 22.2 Å². The topological polar surface area (TPSA) is 144 Å². The summed E-state index contributed by atoms with van der Waals surface area (Å²) in [5.74, 6) is -0.715. The van der Waals surface area contributed by atoms with Crippen LogP contribution in [-0.4, -0.2) is 46.1 Å². The number of carbonyl (C=O) groups is 1. The summed E-state index contributed by atoms with van der Waals surface area (Å²) in [5, 5.41) is 28.3. The van der Waals surface area contributed by atoms with Crippen molar-refractivity contribution in [2.75, 3.05) is 13.7 Å². The molecule has 1 aromatic heterocycles. The number of ether oxygens (including phenoxy) is 1. The Morgan fingerprint density at radius 2 is 2.47 bits per heavy atom. The number of hydrogen-bond acceptors (Lipinski definition) is 6. The lowest BCUT2D eigenvalue weighted by Gasteiger charge is -2.15. The van der Waals surface area contributed by atoms with E-state index in [0.29, 0.717) is 0 Å². The predicted molar refractivity (Wildman–Crippen MR) is 54.9 cm³/mol. The zero-order chi connectivity index (χ0) is 12.8.